The fourth-order valence-corrected chi connectivity index (χ4v) is 2.02. The summed E-state index contributed by atoms with van der Waals surface area (Å²) in [5, 5.41) is 3.97. The van der Waals surface area contributed by atoms with Gasteiger partial charge in [0.1, 0.15) is 0 Å². The number of rotatable bonds is 3. The molecule has 1 heterocycles. The molecule has 0 saturated carbocycles. The van der Waals surface area contributed by atoms with Crippen LogP contribution in [0.2, 0.25) is 0 Å². The van der Waals surface area contributed by atoms with Gasteiger partial charge in [-0.05, 0) is 0 Å². The van der Waals surface area contributed by atoms with Gasteiger partial charge in [0.25, 0.3) is 0 Å². The van der Waals surface area contributed by atoms with Gasteiger partial charge in [-0.2, -0.15) is 0 Å². The van der Waals surface area contributed by atoms with Crippen LogP contribution in [0.25, 0.3) is 12.2 Å². The Kier molecular flexibility index (Phi) is 3.66. The Morgan fingerprint density at radius 3 is 2.53 bits per heavy atom. The standard InChI is InChI=1S/C12H10N2Se/c1-2-6-11(7-3-1)8-4-5-9-12-10-15-14-13-12/h1-10H/b8-4+,9-5+. The molecule has 0 fully saturated rings. The summed E-state index contributed by atoms with van der Waals surface area (Å²) in [5.41, 5.74) is 2.17. The first-order chi connectivity index (χ1) is 7.45. The van der Waals surface area contributed by atoms with Gasteiger partial charge in [-0.15, -0.1) is 0 Å². The predicted octanol–water partition coefficient (Wildman–Crippen LogP) is 2.26. The molecular weight excluding hydrogens is 251 g/mol. The summed E-state index contributed by atoms with van der Waals surface area (Å²) in [7, 11) is 0. The van der Waals surface area contributed by atoms with Crippen molar-refractivity contribution in [2.75, 3.05) is 0 Å². The Balaban J connectivity index is 1.96. The molecule has 0 aliphatic heterocycles. The van der Waals surface area contributed by atoms with E-state index >= 15 is 0 Å². The van der Waals surface area contributed by atoms with Gasteiger partial charge >= 0.3 is 94.8 Å². The molecule has 1 aromatic carbocycles. The molecule has 0 bridgehead atoms. The summed E-state index contributed by atoms with van der Waals surface area (Å²) in [4.78, 5) is 2.06. The van der Waals surface area contributed by atoms with Crippen LogP contribution in [0.5, 0.6) is 0 Å². The quantitative estimate of drug-likeness (QED) is 0.625. The molecule has 0 aliphatic carbocycles. The van der Waals surface area contributed by atoms with Crippen LogP contribution in [-0.4, -0.2) is 23.9 Å². The van der Waals surface area contributed by atoms with E-state index < -0.39 is 0 Å². The number of nitrogens with zero attached hydrogens (tertiary/aromatic N) is 2. The Bertz CT molecular complexity index is 444. The van der Waals surface area contributed by atoms with Crippen molar-refractivity contribution in [2.24, 2.45) is 0 Å². The van der Waals surface area contributed by atoms with Gasteiger partial charge in [-0.25, -0.2) is 0 Å². The second-order valence-corrected chi connectivity index (χ2v) is 4.24. The van der Waals surface area contributed by atoms with Gasteiger partial charge in [0, 0.05) is 0 Å². The number of benzene rings is 1. The van der Waals surface area contributed by atoms with Crippen LogP contribution in [0, 0.1) is 0 Å². The average molecular weight is 261 g/mol. The Morgan fingerprint density at radius 2 is 1.80 bits per heavy atom. The molecule has 0 atom stereocenters. The van der Waals surface area contributed by atoms with E-state index in [1.807, 2.05) is 36.4 Å². The van der Waals surface area contributed by atoms with Crippen LogP contribution in [0.15, 0.2) is 47.4 Å². The first kappa shape index (κ1) is 10.1. The fourth-order valence-electron chi connectivity index (χ4n) is 1.13. The molecule has 0 aliphatic rings. The van der Waals surface area contributed by atoms with Crippen molar-refractivity contribution in [3.8, 4) is 0 Å². The second kappa shape index (κ2) is 5.44. The van der Waals surface area contributed by atoms with Crippen molar-refractivity contribution in [2.45, 2.75) is 0 Å². The van der Waals surface area contributed by atoms with E-state index in [1.165, 1.54) is 5.56 Å². The van der Waals surface area contributed by atoms with Crippen molar-refractivity contribution in [1.29, 1.82) is 0 Å². The van der Waals surface area contributed by atoms with E-state index in [9.17, 15) is 0 Å². The van der Waals surface area contributed by atoms with Gasteiger partial charge in [-0.1, -0.05) is 0 Å². The van der Waals surface area contributed by atoms with E-state index in [1.54, 1.807) is 0 Å². The van der Waals surface area contributed by atoms with E-state index in [2.05, 4.69) is 32.3 Å². The Hall–Kier alpha value is -1.44. The maximum absolute atomic E-state index is 3.97. The van der Waals surface area contributed by atoms with Crippen LogP contribution in [0.3, 0.4) is 0 Å². The van der Waals surface area contributed by atoms with Gasteiger partial charge in [0.15, 0.2) is 0 Å². The van der Waals surface area contributed by atoms with E-state index in [0.29, 0.717) is 0 Å². The fraction of sp³-hybridized carbons (Fsp3) is 0. The molecule has 0 N–H and O–H groups in total. The van der Waals surface area contributed by atoms with E-state index in [0.717, 1.165) is 5.69 Å². The molecule has 74 valence electrons. The topological polar surface area (TPSA) is 25.8 Å². The number of hydrogen-bond acceptors (Lipinski definition) is 2. The third-order valence-electron chi connectivity index (χ3n) is 1.84. The first-order valence-electron chi connectivity index (χ1n) is 4.62. The molecular formula is C12H10N2Se. The zero-order valence-electron chi connectivity index (χ0n) is 8.08. The summed E-state index contributed by atoms with van der Waals surface area (Å²) < 4.78 is 3.92. The zero-order chi connectivity index (χ0) is 10.3. The number of hydrogen-bond donors (Lipinski definition) is 0. The molecule has 15 heavy (non-hydrogen) atoms. The van der Waals surface area contributed by atoms with Crippen LogP contribution in [0.4, 0.5) is 0 Å². The molecule has 0 saturated heterocycles. The van der Waals surface area contributed by atoms with Gasteiger partial charge in [0.05, 0.1) is 0 Å². The molecule has 3 heteroatoms. The average Bonchev–Trinajstić information content (AvgIpc) is 2.79. The van der Waals surface area contributed by atoms with E-state index in [-0.39, 0.29) is 14.7 Å². The summed E-state index contributed by atoms with van der Waals surface area (Å²) >= 11 is 0.225. The van der Waals surface area contributed by atoms with Crippen molar-refractivity contribution >= 4 is 26.9 Å². The molecule has 0 radical (unpaired) electrons. The minimum absolute atomic E-state index is 0.225. The number of aromatic nitrogens is 2. The molecule has 2 nitrogen and oxygen atoms in total. The molecule has 1 aromatic heterocycles. The second-order valence-electron chi connectivity index (χ2n) is 2.96. The Morgan fingerprint density at radius 1 is 1.00 bits per heavy atom. The SMILES string of the molecule is C(/C=C/c1c[se]nn1)=C\c1ccccc1. The normalized spacial score (nSPS) is 11.5. The summed E-state index contributed by atoms with van der Waals surface area (Å²) in [5.74, 6) is 0. The van der Waals surface area contributed by atoms with Gasteiger partial charge < -0.3 is 0 Å². The molecule has 0 spiro atoms. The van der Waals surface area contributed by atoms with Crippen LogP contribution in [-0.2, 0) is 0 Å². The van der Waals surface area contributed by atoms with Crippen molar-refractivity contribution in [3.63, 3.8) is 0 Å². The van der Waals surface area contributed by atoms with Crippen molar-refractivity contribution < 1.29 is 0 Å². The molecule has 2 rings (SSSR count). The van der Waals surface area contributed by atoms with Crippen LogP contribution >= 0.6 is 0 Å². The first-order valence-corrected chi connectivity index (χ1v) is 6.37. The zero-order valence-corrected chi connectivity index (χ0v) is 9.79. The summed E-state index contributed by atoms with van der Waals surface area (Å²) in [6.07, 6.45) is 8.03. The van der Waals surface area contributed by atoms with Crippen molar-refractivity contribution in [1.82, 2.24) is 9.19 Å². The van der Waals surface area contributed by atoms with Crippen molar-refractivity contribution in [3.05, 3.63) is 58.7 Å². The Labute approximate surface area is 95.0 Å². The number of allylic oxidation sites excluding steroid dienone is 2. The monoisotopic (exact) mass is 262 g/mol. The van der Waals surface area contributed by atoms with Crippen LogP contribution < -0.4 is 0 Å². The molecule has 0 unspecified atom stereocenters. The minimum atomic E-state index is 0.225. The molecule has 0 amide bonds. The predicted molar refractivity (Wildman–Crippen MR) is 63.5 cm³/mol. The third kappa shape index (κ3) is 3.31. The third-order valence-corrected chi connectivity index (χ3v) is 2.94. The van der Waals surface area contributed by atoms with Crippen LogP contribution in [0.1, 0.15) is 11.3 Å². The summed E-state index contributed by atoms with van der Waals surface area (Å²) in [6.45, 7) is 0. The van der Waals surface area contributed by atoms with E-state index in [4.69, 9.17) is 0 Å². The van der Waals surface area contributed by atoms with Gasteiger partial charge in [0.2, 0.25) is 0 Å². The summed E-state index contributed by atoms with van der Waals surface area (Å²) in [6, 6.07) is 10.2. The molecule has 2 aromatic rings. The maximum atomic E-state index is 3.97. The van der Waals surface area contributed by atoms with Gasteiger partial charge in [-0.3, -0.25) is 0 Å².